The summed E-state index contributed by atoms with van der Waals surface area (Å²) in [5.74, 6) is 0.324. The number of amides is 1. The van der Waals surface area contributed by atoms with Gasteiger partial charge < -0.3 is 14.8 Å². The van der Waals surface area contributed by atoms with Crippen LogP contribution in [0.15, 0.2) is 23.1 Å². The standard InChI is InChI=1S/C17H26N2O5S/c1-3-4-7-18-17(20)13-24-16-6-5-15(12-14(16)2)25(21,22)19-8-10-23-11-9-19/h5-6,12H,3-4,7-11,13H2,1-2H3,(H,18,20). The summed E-state index contributed by atoms with van der Waals surface area (Å²) in [5, 5.41) is 2.77. The summed E-state index contributed by atoms with van der Waals surface area (Å²) in [7, 11) is -3.53. The van der Waals surface area contributed by atoms with Crippen molar-refractivity contribution in [3.63, 3.8) is 0 Å². The predicted octanol–water partition coefficient (Wildman–Crippen LogP) is 1.31. The van der Waals surface area contributed by atoms with Crippen molar-refractivity contribution in [1.29, 1.82) is 0 Å². The van der Waals surface area contributed by atoms with Gasteiger partial charge in [0.1, 0.15) is 5.75 Å². The quantitative estimate of drug-likeness (QED) is 0.698. The highest BCUT2D eigenvalue weighted by Gasteiger charge is 2.26. The van der Waals surface area contributed by atoms with Gasteiger partial charge in [-0.15, -0.1) is 0 Å². The van der Waals surface area contributed by atoms with Crippen molar-refractivity contribution in [2.45, 2.75) is 31.6 Å². The maximum atomic E-state index is 12.6. The van der Waals surface area contributed by atoms with Crippen LogP contribution in [0.2, 0.25) is 0 Å². The number of unbranched alkanes of at least 4 members (excludes halogenated alkanes) is 1. The van der Waals surface area contributed by atoms with Gasteiger partial charge in [-0.25, -0.2) is 8.42 Å². The Morgan fingerprint density at radius 3 is 2.68 bits per heavy atom. The molecular weight excluding hydrogens is 344 g/mol. The number of benzene rings is 1. The van der Waals surface area contributed by atoms with Gasteiger partial charge in [0.25, 0.3) is 5.91 Å². The minimum Gasteiger partial charge on any atom is -0.484 e. The molecule has 1 aliphatic heterocycles. The van der Waals surface area contributed by atoms with Crippen LogP contribution in [-0.4, -0.2) is 58.1 Å². The maximum absolute atomic E-state index is 12.6. The molecule has 1 saturated heterocycles. The van der Waals surface area contributed by atoms with Crippen molar-refractivity contribution in [2.24, 2.45) is 0 Å². The summed E-state index contributed by atoms with van der Waals surface area (Å²) in [6, 6.07) is 4.69. The van der Waals surface area contributed by atoms with E-state index in [4.69, 9.17) is 9.47 Å². The number of nitrogens with zero attached hydrogens (tertiary/aromatic N) is 1. The zero-order chi connectivity index (χ0) is 18.3. The van der Waals surface area contributed by atoms with E-state index >= 15 is 0 Å². The number of sulfonamides is 1. The van der Waals surface area contributed by atoms with Crippen LogP contribution in [0, 0.1) is 6.92 Å². The van der Waals surface area contributed by atoms with Gasteiger partial charge in [0.15, 0.2) is 6.61 Å². The lowest BCUT2D eigenvalue weighted by atomic mass is 10.2. The fourth-order valence-corrected chi connectivity index (χ4v) is 3.97. The molecule has 1 aliphatic rings. The second-order valence-corrected chi connectivity index (χ2v) is 7.87. The summed E-state index contributed by atoms with van der Waals surface area (Å²) < 4.78 is 37.4. The van der Waals surface area contributed by atoms with Crippen LogP contribution in [0.1, 0.15) is 25.3 Å². The number of nitrogens with one attached hydrogen (secondary N) is 1. The van der Waals surface area contributed by atoms with Crippen molar-refractivity contribution in [3.05, 3.63) is 23.8 Å². The summed E-state index contributed by atoms with van der Waals surface area (Å²) in [6.45, 7) is 5.91. The molecule has 25 heavy (non-hydrogen) atoms. The molecule has 2 rings (SSSR count). The van der Waals surface area contributed by atoms with Crippen LogP contribution in [0.25, 0.3) is 0 Å². The van der Waals surface area contributed by atoms with Gasteiger partial charge in [0.2, 0.25) is 10.0 Å². The van der Waals surface area contributed by atoms with Gasteiger partial charge in [0.05, 0.1) is 18.1 Å². The zero-order valence-electron chi connectivity index (χ0n) is 14.8. The minimum atomic E-state index is -3.53. The summed E-state index contributed by atoms with van der Waals surface area (Å²) in [4.78, 5) is 11.9. The Morgan fingerprint density at radius 1 is 1.32 bits per heavy atom. The summed E-state index contributed by atoms with van der Waals surface area (Å²) >= 11 is 0. The van der Waals surface area contributed by atoms with Crippen molar-refractivity contribution in [1.82, 2.24) is 9.62 Å². The highest BCUT2D eigenvalue weighted by Crippen LogP contribution is 2.24. The monoisotopic (exact) mass is 370 g/mol. The largest absolute Gasteiger partial charge is 0.484 e. The van der Waals surface area contributed by atoms with Gasteiger partial charge in [-0.05, 0) is 37.1 Å². The predicted molar refractivity (Wildman–Crippen MR) is 94.2 cm³/mol. The van der Waals surface area contributed by atoms with Crippen LogP contribution >= 0.6 is 0 Å². The molecule has 0 unspecified atom stereocenters. The van der Waals surface area contributed by atoms with Gasteiger partial charge in [-0.1, -0.05) is 13.3 Å². The van der Waals surface area contributed by atoms with Crippen molar-refractivity contribution < 1.29 is 22.7 Å². The normalized spacial score (nSPS) is 15.8. The second-order valence-electron chi connectivity index (χ2n) is 5.94. The molecule has 0 atom stereocenters. The molecule has 0 aromatic heterocycles. The lowest BCUT2D eigenvalue weighted by Crippen LogP contribution is -2.40. The minimum absolute atomic E-state index is 0.0832. The molecule has 1 N–H and O–H groups in total. The van der Waals surface area contributed by atoms with E-state index in [2.05, 4.69) is 12.2 Å². The molecule has 1 aromatic rings. The Hall–Kier alpha value is -1.64. The number of rotatable bonds is 8. The number of ether oxygens (including phenoxy) is 2. The zero-order valence-corrected chi connectivity index (χ0v) is 15.6. The Labute approximate surface area is 149 Å². The molecule has 140 valence electrons. The van der Waals surface area contributed by atoms with Crippen molar-refractivity contribution >= 4 is 15.9 Å². The Morgan fingerprint density at radius 2 is 2.04 bits per heavy atom. The first-order chi connectivity index (χ1) is 11.9. The van der Waals surface area contributed by atoms with Crippen LogP contribution in [0.3, 0.4) is 0 Å². The maximum Gasteiger partial charge on any atom is 0.257 e. The van der Waals surface area contributed by atoms with Crippen molar-refractivity contribution in [2.75, 3.05) is 39.5 Å². The van der Waals surface area contributed by atoms with Crippen LogP contribution in [0.4, 0.5) is 0 Å². The molecule has 1 fully saturated rings. The molecule has 0 bridgehead atoms. The number of carbonyl (C=O) groups is 1. The average Bonchev–Trinajstić information content (AvgIpc) is 2.61. The van der Waals surface area contributed by atoms with Crippen molar-refractivity contribution in [3.8, 4) is 5.75 Å². The number of hydrogen-bond donors (Lipinski definition) is 1. The smallest absolute Gasteiger partial charge is 0.257 e. The van der Waals surface area contributed by atoms with E-state index in [-0.39, 0.29) is 17.4 Å². The SMILES string of the molecule is CCCCNC(=O)COc1ccc(S(=O)(=O)N2CCOCC2)cc1C. The van der Waals surface area contributed by atoms with Crippen LogP contribution < -0.4 is 10.1 Å². The molecule has 1 heterocycles. The molecule has 1 amide bonds. The van der Waals surface area contributed by atoms with Gasteiger partial charge in [-0.3, -0.25) is 4.79 Å². The van der Waals surface area contributed by atoms with E-state index in [1.54, 1.807) is 19.1 Å². The van der Waals surface area contributed by atoms with E-state index in [0.29, 0.717) is 44.2 Å². The molecule has 8 heteroatoms. The Kier molecular flexibility index (Phi) is 7.22. The van der Waals surface area contributed by atoms with Gasteiger partial charge in [-0.2, -0.15) is 4.31 Å². The molecule has 0 aliphatic carbocycles. The van der Waals surface area contributed by atoms with Gasteiger partial charge >= 0.3 is 0 Å². The third kappa shape index (κ3) is 5.42. The lowest BCUT2D eigenvalue weighted by molar-refractivity contribution is -0.123. The topological polar surface area (TPSA) is 84.9 Å². The fourth-order valence-electron chi connectivity index (χ4n) is 2.48. The first-order valence-electron chi connectivity index (χ1n) is 8.53. The molecule has 0 spiro atoms. The number of carbonyl (C=O) groups excluding carboxylic acids is 1. The van der Waals surface area contributed by atoms with E-state index < -0.39 is 10.0 Å². The number of hydrogen-bond acceptors (Lipinski definition) is 5. The van der Waals surface area contributed by atoms with E-state index in [1.165, 1.54) is 10.4 Å². The fraction of sp³-hybridized carbons (Fsp3) is 0.588. The highest BCUT2D eigenvalue weighted by molar-refractivity contribution is 7.89. The third-order valence-electron chi connectivity index (χ3n) is 3.97. The molecule has 1 aromatic carbocycles. The molecule has 0 radical (unpaired) electrons. The lowest BCUT2D eigenvalue weighted by Gasteiger charge is -2.26. The molecule has 7 nitrogen and oxygen atoms in total. The second kappa shape index (κ2) is 9.17. The number of morpholine rings is 1. The summed E-state index contributed by atoms with van der Waals surface area (Å²) in [5.41, 5.74) is 0.677. The Balaban J connectivity index is 1.99. The van der Waals surface area contributed by atoms with Gasteiger partial charge in [0, 0.05) is 19.6 Å². The number of aryl methyl sites for hydroxylation is 1. The van der Waals surface area contributed by atoms with Crippen LogP contribution in [0.5, 0.6) is 5.75 Å². The molecular formula is C17H26N2O5S. The first-order valence-corrected chi connectivity index (χ1v) is 9.97. The highest BCUT2D eigenvalue weighted by atomic mass is 32.2. The van der Waals surface area contributed by atoms with E-state index in [0.717, 1.165) is 12.8 Å². The summed E-state index contributed by atoms with van der Waals surface area (Å²) in [6.07, 6.45) is 1.94. The Bertz CT molecular complexity index is 684. The van der Waals surface area contributed by atoms with Crippen LogP contribution in [-0.2, 0) is 19.6 Å². The first kappa shape index (κ1) is 19.7. The third-order valence-corrected chi connectivity index (χ3v) is 5.86. The van der Waals surface area contributed by atoms with E-state index in [9.17, 15) is 13.2 Å². The van der Waals surface area contributed by atoms with E-state index in [1.807, 2.05) is 0 Å². The average molecular weight is 370 g/mol. The molecule has 0 saturated carbocycles.